The Kier molecular flexibility index (Phi) is 3.75. The first kappa shape index (κ1) is 10.0. The molecule has 0 aromatic rings. The van der Waals surface area contributed by atoms with E-state index in [1.165, 1.54) is 0 Å². The number of rotatable bonds is 2. The Bertz CT molecular complexity index is 211. The molecule has 0 radical (unpaired) electrons. The maximum absolute atomic E-state index is 11.3. The van der Waals surface area contributed by atoms with Crippen LogP contribution in [-0.4, -0.2) is 12.6 Å². The first-order valence-corrected chi connectivity index (χ1v) is 4.84. The topological polar surface area (TPSA) is 50.1 Å². The van der Waals surface area contributed by atoms with Gasteiger partial charge in [0.2, 0.25) is 0 Å². The van der Waals surface area contributed by atoms with E-state index in [0.29, 0.717) is 6.61 Å². The van der Waals surface area contributed by atoms with Crippen molar-refractivity contribution in [3.8, 4) is 6.07 Å². The Morgan fingerprint density at radius 3 is 2.54 bits per heavy atom. The fourth-order valence-corrected chi connectivity index (χ4v) is 1.72. The van der Waals surface area contributed by atoms with Crippen LogP contribution in [0.15, 0.2) is 0 Å². The third kappa shape index (κ3) is 2.73. The van der Waals surface area contributed by atoms with Gasteiger partial charge in [-0.15, -0.1) is 0 Å². The predicted octanol–water partition coefficient (Wildman–Crippen LogP) is 1.88. The highest BCUT2D eigenvalue weighted by atomic mass is 16.5. The van der Waals surface area contributed by atoms with Gasteiger partial charge in [0.25, 0.3) is 0 Å². The second kappa shape index (κ2) is 4.86. The number of carbonyl (C=O) groups excluding carboxylic acids is 1. The summed E-state index contributed by atoms with van der Waals surface area (Å²) in [6, 6.07) is 2.24. The van der Waals surface area contributed by atoms with Crippen LogP contribution in [0, 0.1) is 23.2 Å². The standard InChI is InChI=1S/C10H15NO2/c1-2-13-10(12)9-5-3-8(7-11)4-6-9/h8-9H,2-6H2,1H3. The van der Waals surface area contributed by atoms with E-state index in [9.17, 15) is 4.79 Å². The average Bonchev–Trinajstić information content (AvgIpc) is 2.18. The monoisotopic (exact) mass is 181 g/mol. The summed E-state index contributed by atoms with van der Waals surface area (Å²) >= 11 is 0. The van der Waals surface area contributed by atoms with Crippen molar-refractivity contribution in [1.82, 2.24) is 0 Å². The Labute approximate surface area is 78.7 Å². The maximum atomic E-state index is 11.3. The van der Waals surface area contributed by atoms with Gasteiger partial charge in [-0.25, -0.2) is 0 Å². The lowest BCUT2D eigenvalue weighted by atomic mass is 9.83. The average molecular weight is 181 g/mol. The van der Waals surface area contributed by atoms with E-state index >= 15 is 0 Å². The number of nitriles is 1. The van der Waals surface area contributed by atoms with E-state index in [-0.39, 0.29) is 17.8 Å². The molecule has 0 unspecified atom stereocenters. The minimum atomic E-state index is -0.0844. The van der Waals surface area contributed by atoms with Crippen molar-refractivity contribution >= 4 is 5.97 Å². The summed E-state index contributed by atoms with van der Waals surface area (Å²) < 4.78 is 4.93. The van der Waals surface area contributed by atoms with Gasteiger partial charge in [-0.3, -0.25) is 4.79 Å². The fourth-order valence-electron chi connectivity index (χ4n) is 1.72. The molecule has 0 atom stereocenters. The number of nitrogens with zero attached hydrogens (tertiary/aromatic N) is 1. The molecule has 1 rings (SSSR count). The first-order chi connectivity index (χ1) is 6.27. The molecule has 0 amide bonds. The van der Waals surface area contributed by atoms with E-state index in [1.807, 2.05) is 6.92 Å². The van der Waals surface area contributed by atoms with Crippen LogP contribution < -0.4 is 0 Å². The molecule has 0 N–H and O–H groups in total. The van der Waals surface area contributed by atoms with Crippen molar-refractivity contribution in [2.24, 2.45) is 11.8 Å². The van der Waals surface area contributed by atoms with Crippen LogP contribution in [0.1, 0.15) is 32.6 Å². The van der Waals surface area contributed by atoms with Crippen LogP contribution in [0.4, 0.5) is 0 Å². The number of hydrogen-bond acceptors (Lipinski definition) is 3. The Hall–Kier alpha value is -1.04. The minimum Gasteiger partial charge on any atom is -0.466 e. The molecule has 0 aliphatic heterocycles. The lowest BCUT2D eigenvalue weighted by Crippen LogP contribution is -2.23. The van der Waals surface area contributed by atoms with Gasteiger partial charge in [-0.2, -0.15) is 5.26 Å². The molecule has 0 aromatic carbocycles. The Morgan fingerprint density at radius 1 is 1.46 bits per heavy atom. The van der Waals surface area contributed by atoms with Gasteiger partial charge in [0.15, 0.2) is 0 Å². The van der Waals surface area contributed by atoms with Crippen LogP contribution in [0.25, 0.3) is 0 Å². The molecule has 1 aliphatic carbocycles. The van der Waals surface area contributed by atoms with Crippen molar-refractivity contribution in [2.75, 3.05) is 6.61 Å². The third-order valence-electron chi connectivity index (χ3n) is 2.53. The highest BCUT2D eigenvalue weighted by Crippen LogP contribution is 2.28. The molecule has 1 aliphatic rings. The van der Waals surface area contributed by atoms with E-state index < -0.39 is 0 Å². The van der Waals surface area contributed by atoms with Gasteiger partial charge < -0.3 is 4.74 Å². The highest BCUT2D eigenvalue weighted by molar-refractivity contribution is 5.72. The zero-order valence-corrected chi connectivity index (χ0v) is 7.95. The maximum Gasteiger partial charge on any atom is 0.308 e. The van der Waals surface area contributed by atoms with Gasteiger partial charge >= 0.3 is 5.97 Å². The van der Waals surface area contributed by atoms with E-state index in [0.717, 1.165) is 25.7 Å². The van der Waals surface area contributed by atoms with Crippen LogP contribution >= 0.6 is 0 Å². The van der Waals surface area contributed by atoms with Crippen LogP contribution in [-0.2, 0) is 9.53 Å². The van der Waals surface area contributed by atoms with Gasteiger partial charge in [0.1, 0.15) is 0 Å². The summed E-state index contributed by atoms with van der Waals surface area (Å²) in [4.78, 5) is 11.3. The Morgan fingerprint density at radius 2 is 2.08 bits per heavy atom. The predicted molar refractivity (Wildman–Crippen MR) is 47.7 cm³/mol. The van der Waals surface area contributed by atoms with Crippen LogP contribution in [0.2, 0.25) is 0 Å². The number of esters is 1. The summed E-state index contributed by atoms with van der Waals surface area (Å²) in [5, 5.41) is 8.65. The van der Waals surface area contributed by atoms with Crippen molar-refractivity contribution in [3.05, 3.63) is 0 Å². The van der Waals surface area contributed by atoms with Crippen molar-refractivity contribution < 1.29 is 9.53 Å². The second-order valence-corrected chi connectivity index (χ2v) is 3.43. The second-order valence-electron chi connectivity index (χ2n) is 3.43. The molecule has 3 heteroatoms. The molecular formula is C10H15NO2. The van der Waals surface area contributed by atoms with Crippen LogP contribution in [0.3, 0.4) is 0 Å². The van der Waals surface area contributed by atoms with E-state index in [4.69, 9.17) is 10.00 Å². The van der Waals surface area contributed by atoms with E-state index in [2.05, 4.69) is 6.07 Å². The fraction of sp³-hybridized carbons (Fsp3) is 0.800. The number of carbonyl (C=O) groups is 1. The number of ether oxygens (including phenoxy) is 1. The van der Waals surface area contributed by atoms with Crippen LogP contribution in [0.5, 0.6) is 0 Å². The van der Waals surface area contributed by atoms with E-state index in [1.54, 1.807) is 0 Å². The molecule has 0 bridgehead atoms. The lowest BCUT2D eigenvalue weighted by Gasteiger charge is -2.22. The summed E-state index contributed by atoms with van der Waals surface area (Å²) in [7, 11) is 0. The summed E-state index contributed by atoms with van der Waals surface area (Å²) in [6.45, 7) is 2.27. The molecule has 1 fully saturated rings. The quantitative estimate of drug-likeness (QED) is 0.611. The zero-order valence-electron chi connectivity index (χ0n) is 7.95. The highest BCUT2D eigenvalue weighted by Gasteiger charge is 2.26. The van der Waals surface area contributed by atoms with Crippen molar-refractivity contribution in [3.63, 3.8) is 0 Å². The summed E-state index contributed by atoms with van der Waals surface area (Å²) in [5.41, 5.74) is 0. The number of hydrogen-bond donors (Lipinski definition) is 0. The summed E-state index contributed by atoms with van der Waals surface area (Å²) in [6.07, 6.45) is 3.33. The molecule has 0 aromatic heterocycles. The van der Waals surface area contributed by atoms with Crippen molar-refractivity contribution in [2.45, 2.75) is 32.6 Å². The van der Waals surface area contributed by atoms with Gasteiger partial charge in [0, 0.05) is 5.92 Å². The van der Waals surface area contributed by atoms with Crippen molar-refractivity contribution in [1.29, 1.82) is 5.26 Å². The normalized spacial score (nSPS) is 27.7. The molecule has 0 spiro atoms. The molecule has 3 nitrogen and oxygen atoms in total. The largest absolute Gasteiger partial charge is 0.466 e. The third-order valence-corrected chi connectivity index (χ3v) is 2.53. The first-order valence-electron chi connectivity index (χ1n) is 4.84. The van der Waals surface area contributed by atoms with Gasteiger partial charge in [0.05, 0.1) is 18.6 Å². The minimum absolute atomic E-state index is 0.0459. The molecule has 72 valence electrons. The Balaban J connectivity index is 2.33. The smallest absolute Gasteiger partial charge is 0.308 e. The van der Waals surface area contributed by atoms with Gasteiger partial charge in [-0.1, -0.05) is 0 Å². The SMILES string of the molecule is CCOC(=O)C1CCC(C#N)CC1. The molecule has 0 heterocycles. The molecule has 13 heavy (non-hydrogen) atoms. The zero-order chi connectivity index (χ0) is 9.68. The molecule has 1 saturated carbocycles. The van der Waals surface area contributed by atoms with Gasteiger partial charge in [-0.05, 0) is 32.6 Å². The lowest BCUT2D eigenvalue weighted by molar-refractivity contribution is -0.149. The molecule has 0 saturated heterocycles. The molecular weight excluding hydrogens is 166 g/mol. The summed E-state index contributed by atoms with van der Waals surface area (Å²) in [5.74, 6) is 0.120.